The molecule has 0 bridgehead atoms. The average Bonchev–Trinajstić information content (AvgIpc) is 2.87. The monoisotopic (exact) mass is 302 g/mol. The van der Waals surface area contributed by atoms with Crippen molar-refractivity contribution in [3.63, 3.8) is 0 Å². The van der Waals surface area contributed by atoms with E-state index in [1.54, 1.807) is 0 Å². The van der Waals surface area contributed by atoms with Gasteiger partial charge in [0.25, 0.3) is 0 Å². The summed E-state index contributed by atoms with van der Waals surface area (Å²) in [5.74, 6) is 0.755. The first kappa shape index (κ1) is 16.5. The lowest BCUT2D eigenvalue weighted by Crippen LogP contribution is -2.42. The third kappa shape index (κ3) is 3.30. The molecule has 2 aromatic rings. The Labute approximate surface area is 131 Å². The second-order valence-corrected chi connectivity index (χ2v) is 6.05. The number of nitrogens with one attached hydrogen (secondary N) is 1. The van der Waals surface area contributed by atoms with E-state index in [2.05, 4.69) is 29.8 Å². The van der Waals surface area contributed by atoms with Crippen LogP contribution in [0.15, 0.2) is 24.3 Å². The fourth-order valence-electron chi connectivity index (χ4n) is 2.74. The van der Waals surface area contributed by atoms with Crippen LogP contribution in [0, 0.1) is 0 Å². The predicted molar refractivity (Wildman–Crippen MR) is 89.6 cm³/mol. The van der Waals surface area contributed by atoms with Crippen LogP contribution in [0.4, 0.5) is 0 Å². The van der Waals surface area contributed by atoms with Gasteiger partial charge in [-0.1, -0.05) is 25.5 Å². The number of amides is 1. The first-order valence-corrected chi connectivity index (χ1v) is 7.98. The molecular formula is C17H26N4O. The van der Waals surface area contributed by atoms with Crippen molar-refractivity contribution in [2.75, 3.05) is 0 Å². The number of nitrogens with zero attached hydrogens (tertiary/aromatic N) is 2. The Hall–Kier alpha value is -1.88. The van der Waals surface area contributed by atoms with Crippen LogP contribution in [0.25, 0.3) is 11.0 Å². The Morgan fingerprint density at radius 1 is 1.32 bits per heavy atom. The first-order valence-electron chi connectivity index (χ1n) is 7.98. The number of hydrogen-bond donors (Lipinski definition) is 2. The van der Waals surface area contributed by atoms with Gasteiger partial charge in [0.1, 0.15) is 5.82 Å². The summed E-state index contributed by atoms with van der Waals surface area (Å²) in [6, 6.07) is 7.68. The number of rotatable bonds is 6. The van der Waals surface area contributed by atoms with Crippen LogP contribution in [0.5, 0.6) is 0 Å². The number of para-hydroxylation sites is 2. The Morgan fingerprint density at radius 3 is 2.64 bits per heavy atom. The third-order valence-electron chi connectivity index (χ3n) is 3.82. The Morgan fingerprint density at radius 2 is 2.00 bits per heavy atom. The molecule has 1 heterocycles. The smallest absolute Gasteiger partial charge is 0.237 e. The van der Waals surface area contributed by atoms with Crippen LogP contribution in [-0.4, -0.2) is 21.5 Å². The van der Waals surface area contributed by atoms with Gasteiger partial charge in [-0.2, -0.15) is 0 Å². The summed E-state index contributed by atoms with van der Waals surface area (Å²) in [7, 11) is 0. The van der Waals surface area contributed by atoms with Gasteiger partial charge in [-0.3, -0.25) is 4.79 Å². The zero-order chi connectivity index (χ0) is 16.3. The highest BCUT2D eigenvalue weighted by Gasteiger charge is 2.21. The van der Waals surface area contributed by atoms with Gasteiger partial charge in [-0.15, -0.1) is 0 Å². The number of imidazole rings is 1. The van der Waals surface area contributed by atoms with Crippen molar-refractivity contribution in [1.29, 1.82) is 0 Å². The van der Waals surface area contributed by atoms with Crippen molar-refractivity contribution >= 4 is 16.9 Å². The number of hydrogen-bond acceptors (Lipinski definition) is 3. The molecule has 2 atom stereocenters. The number of benzene rings is 1. The van der Waals surface area contributed by atoms with E-state index in [0.717, 1.165) is 23.3 Å². The summed E-state index contributed by atoms with van der Waals surface area (Å²) in [5, 5.41) is 2.99. The van der Waals surface area contributed by atoms with E-state index in [1.807, 2.05) is 32.0 Å². The lowest BCUT2D eigenvalue weighted by molar-refractivity contribution is -0.123. The molecule has 0 fully saturated rings. The molecule has 2 unspecified atom stereocenters. The van der Waals surface area contributed by atoms with E-state index in [-0.39, 0.29) is 18.0 Å². The summed E-state index contributed by atoms with van der Waals surface area (Å²) in [4.78, 5) is 16.8. The first-order chi connectivity index (χ1) is 10.5. The minimum absolute atomic E-state index is 0.114. The molecule has 1 aromatic carbocycles. The molecular weight excluding hydrogens is 276 g/mol. The highest BCUT2D eigenvalue weighted by molar-refractivity contribution is 5.82. The Kier molecular flexibility index (Phi) is 5.19. The molecule has 0 saturated carbocycles. The molecule has 3 N–H and O–H groups in total. The lowest BCUT2D eigenvalue weighted by atomic mass is 10.1. The number of nitrogens with two attached hydrogens (primary N) is 1. The third-order valence-corrected chi connectivity index (χ3v) is 3.82. The Balaban J connectivity index is 2.29. The molecule has 0 saturated heterocycles. The normalized spacial score (nSPS) is 14.3. The maximum atomic E-state index is 12.1. The SMILES string of the molecule is CCCC(N)C(=O)NC(C)c1nc2ccccc2n1C(C)C. The van der Waals surface area contributed by atoms with Crippen molar-refractivity contribution in [2.24, 2.45) is 5.73 Å². The number of aromatic nitrogens is 2. The highest BCUT2D eigenvalue weighted by Crippen LogP contribution is 2.24. The number of fused-ring (bicyclic) bond motifs is 1. The van der Waals surface area contributed by atoms with Crippen LogP contribution in [-0.2, 0) is 4.79 Å². The minimum atomic E-state index is -0.454. The fourth-order valence-corrected chi connectivity index (χ4v) is 2.74. The van der Waals surface area contributed by atoms with E-state index < -0.39 is 6.04 Å². The summed E-state index contributed by atoms with van der Waals surface area (Å²) < 4.78 is 2.17. The fraction of sp³-hybridized carbons (Fsp3) is 0.529. The zero-order valence-corrected chi connectivity index (χ0v) is 13.8. The van der Waals surface area contributed by atoms with E-state index in [0.29, 0.717) is 6.42 Å². The summed E-state index contributed by atoms with van der Waals surface area (Å²) >= 11 is 0. The molecule has 1 amide bonds. The van der Waals surface area contributed by atoms with Gasteiger partial charge < -0.3 is 15.6 Å². The van der Waals surface area contributed by atoms with Crippen molar-refractivity contribution in [2.45, 2.75) is 58.7 Å². The van der Waals surface area contributed by atoms with Gasteiger partial charge in [0.05, 0.1) is 23.1 Å². The van der Waals surface area contributed by atoms with Gasteiger partial charge in [0.15, 0.2) is 0 Å². The van der Waals surface area contributed by atoms with Crippen molar-refractivity contribution in [3.05, 3.63) is 30.1 Å². The van der Waals surface area contributed by atoms with Gasteiger partial charge >= 0.3 is 0 Å². The zero-order valence-electron chi connectivity index (χ0n) is 13.8. The topological polar surface area (TPSA) is 72.9 Å². The number of carbonyl (C=O) groups excluding carboxylic acids is 1. The van der Waals surface area contributed by atoms with E-state index in [1.165, 1.54) is 0 Å². The molecule has 2 rings (SSSR count). The quantitative estimate of drug-likeness (QED) is 0.861. The maximum absolute atomic E-state index is 12.1. The second kappa shape index (κ2) is 6.92. The van der Waals surface area contributed by atoms with Gasteiger partial charge in [-0.25, -0.2) is 4.98 Å². The van der Waals surface area contributed by atoms with E-state index >= 15 is 0 Å². The molecule has 0 aliphatic rings. The molecule has 5 heteroatoms. The molecule has 0 aliphatic carbocycles. The highest BCUT2D eigenvalue weighted by atomic mass is 16.2. The van der Waals surface area contributed by atoms with Crippen molar-refractivity contribution in [3.8, 4) is 0 Å². The molecule has 1 aromatic heterocycles. The molecule has 120 valence electrons. The van der Waals surface area contributed by atoms with E-state index in [9.17, 15) is 4.79 Å². The van der Waals surface area contributed by atoms with Crippen LogP contribution in [0.1, 0.15) is 58.4 Å². The van der Waals surface area contributed by atoms with Crippen molar-refractivity contribution in [1.82, 2.24) is 14.9 Å². The largest absolute Gasteiger partial charge is 0.345 e. The molecule has 22 heavy (non-hydrogen) atoms. The molecule has 5 nitrogen and oxygen atoms in total. The summed E-state index contributed by atoms with van der Waals surface area (Å²) in [6.45, 7) is 8.22. The molecule has 0 spiro atoms. The van der Waals surface area contributed by atoms with E-state index in [4.69, 9.17) is 10.7 Å². The molecule has 0 radical (unpaired) electrons. The summed E-state index contributed by atoms with van der Waals surface area (Å²) in [6.07, 6.45) is 1.59. The number of carbonyl (C=O) groups is 1. The van der Waals surface area contributed by atoms with Crippen LogP contribution >= 0.6 is 0 Å². The van der Waals surface area contributed by atoms with Gasteiger partial charge in [0, 0.05) is 6.04 Å². The van der Waals surface area contributed by atoms with Crippen LogP contribution in [0.3, 0.4) is 0 Å². The average molecular weight is 302 g/mol. The molecule has 0 aliphatic heterocycles. The second-order valence-electron chi connectivity index (χ2n) is 6.05. The van der Waals surface area contributed by atoms with Gasteiger partial charge in [-0.05, 0) is 39.3 Å². The van der Waals surface area contributed by atoms with Gasteiger partial charge in [0.2, 0.25) is 5.91 Å². The minimum Gasteiger partial charge on any atom is -0.345 e. The summed E-state index contributed by atoms with van der Waals surface area (Å²) in [5.41, 5.74) is 7.93. The standard InChI is InChI=1S/C17H26N4O/c1-5-8-13(18)17(22)19-12(4)16-20-14-9-6-7-10-15(14)21(16)11(2)3/h6-7,9-13H,5,8,18H2,1-4H3,(H,19,22). The lowest BCUT2D eigenvalue weighted by Gasteiger charge is -2.20. The predicted octanol–water partition coefficient (Wildman–Crippen LogP) is 2.92. The van der Waals surface area contributed by atoms with Crippen LogP contribution < -0.4 is 11.1 Å². The van der Waals surface area contributed by atoms with Crippen molar-refractivity contribution < 1.29 is 4.79 Å². The van der Waals surface area contributed by atoms with Crippen LogP contribution in [0.2, 0.25) is 0 Å². The maximum Gasteiger partial charge on any atom is 0.237 e. The Bertz CT molecular complexity index is 647.